The molecule has 1 aromatic heterocycles. The lowest BCUT2D eigenvalue weighted by atomic mass is 10.1. The molecule has 2 aromatic rings. The normalized spacial score (nSPS) is 11.8. The molecule has 6 nitrogen and oxygen atoms in total. The number of nitrogens with zero attached hydrogens (tertiary/aromatic N) is 3. The van der Waals surface area contributed by atoms with Gasteiger partial charge < -0.3 is 0 Å². The number of aryl methyl sites for hydroxylation is 1. The molecule has 8 heteroatoms. The lowest BCUT2D eigenvalue weighted by Crippen LogP contribution is -2.17. The number of hydrogen-bond donors (Lipinski definition) is 1. The van der Waals surface area contributed by atoms with Crippen molar-refractivity contribution in [2.24, 2.45) is 12.2 Å². The van der Waals surface area contributed by atoms with Crippen molar-refractivity contribution in [2.75, 3.05) is 0 Å². The van der Waals surface area contributed by atoms with Crippen LogP contribution in [0, 0.1) is 6.92 Å². The van der Waals surface area contributed by atoms with Gasteiger partial charge in [-0.3, -0.25) is 4.57 Å². The summed E-state index contributed by atoms with van der Waals surface area (Å²) in [4.78, 5) is 0. The second kappa shape index (κ2) is 4.34. The van der Waals surface area contributed by atoms with E-state index >= 15 is 0 Å². The summed E-state index contributed by atoms with van der Waals surface area (Å²) in [7, 11) is -2.38. The molecular weight excluding hydrogens is 276 g/mol. The fourth-order valence-electron chi connectivity index (χ4n) is 1.60. The van der Waals surface area contributed by atoms with Gasteiger partial charge in [0, 0.05) is 12.6 Å². The highest BCUT2D eigenvalue weighted by molar-refractivity contribution is 7.89. The average molecular weight is 287 g/mol. The number of rotatable bonds is 2. The molecular formula is C10H11ClN4O2S. The topological polar surface area (TPSA) is 90.9 Å². The Labute approximate surface area is 109 Å². The van der Waals surface area contributed by atoms with Crippen LogP contribution in [0.2, 0.25) is 5.02 Å². The van der Waals surface area contributed by atoms with E-state index in [4.69, 9.17) is 16.7 Å². The fraction of sp³-hybridized carbons (Fsp3) is 0.200. The molecule has 18 heavy (non-hydrogen) atoms. The van der Waals surface area contributed by atoms with Crippen LogP contribution >= 0.6 is 11.6 Å². The first-order valence-corrected chi connectivity index (χ1v) is 6.92. The Bertz CT molecular complexity index is 709. The molecule has 1 aromatic carbocycles. The van der Waals surface area contributed by atoms with Crippen LogP contribution in [0.3, 0.4) is 0 Å². The zero-order valence-electron chi connectivity index (χ0n) is 9.75. The van der Waals surface area contributed by atoms with Crippen molar-refractivity contribution >= 4 is 21.6 Å². The van der Waals surface area contributed by atoms with Crippen molar-refractivity contribution < 1.29 is 8.42 Å². The van der Waals surface area contributed by atoms with E-state index in [9.17, 15) is 8.42 Å². The van der Waals surface area contributed by atoms with Crippen molar-refractivity contribution in [2.45, 2.75) is 12.1 Å². The third kappa shape index (κ3) is 2.24. The Morgan fingerprint density at radius 1 is 1.33 bits per heavy atom. The first kappa shape index (κ1) is 13.0. The van der Waals surface area contributed by atoms with Crippen molar-refractivity contribution in [1.29, 1.82) is 0 Å². The van der Waals surface area contributed by atoms with Gasteiger partial charge >= 0.3 is 0 Å². The van der Waals surface area contributed by atoms with E-state index in [1.165, 1.54) is 11.6 Å². The number of aromatic nitrogens is 3. The first-order chi connectivity index (χ1) is 8.30. The van der Waals surface area contributed by atoms with Crippen LogP contribution in [0.1, 0.15) is 5.56 Å². The van der Waals surface area contributed by atoms with Crippen LogP contribution < -0.4 is 5.14 Å². The van der Waals surface area contributed by atoms with Gasteiger partial charge in [-0.15, -0.1) is 10.2 Å². The van der Waals surface area contributed by atoms with Gasteiger partial charge in [0.25, 0.3) is 15.2 Å². The second-order valence-electron chi connectivity index (χ2n) is 3.89. The fourth-order valence-corrected chi connectivity index (χ4v) is 2.54. The van der Waals surface area contributed by atoms with Gasteiger partial charge in [-0.25, -0.2) is 13.6 Å². The van der Waals surface area contributed by atoms with Crippen molar-refractivity contribution in [3.8, 4) is 11.4 Å². The minimum atomic E-state index is -3.90. The summed E-state index contributed by atoms with van der Waals surface area (Å²) >= 11 is 6.10. The maximum Gasteiger partial charge on any atom is 0.273 e. The van der Waals surface area contributed by atoms with E-state index in [0.29, 0.717) is 16.4 Å². The Morgan fingerprint density at radius 2 is 2.00 bits per heavy atom. The molecule has 0 atom stereocenters. The Hall–Kier alpha value is -1.44. The number of sulfonamides is 1. The minimum Gasteiger partial charge on any atom is -0.300 e. The highest BCUT2D eigenvalue weighted by Crippen LogP contribution is 2.27. The zero-order chi connectivity index (χ0) is 13.5. The molecule has 0 aliphatic carbocycles. The molecule has 2 rings (SSSR count). The van der Waals surface area contributed by atoms with Gasteiger partial charge in [0.2, 0.25) is 0 Å². The van der Waals surface area contributed by atoms with Gasteiger partial charge in [-0.2, -0.15) is 0 Å². The highest BCUT2D eigenvalue weighted by Gasteiger charge is 2.20. The molecule has 0 amide bonds. The molecule has 0 saturated carbocycles. The zero-order valence-corrected chi connectivity index (χ0v) is 11.3. The van der Waals surface area contributed by atoms with Gasteiger partial charge in [0.05, 0.1) is 5.02 Å². The minimum absolute atomic E-state index is 0.297. The molecule has 96 valence electrons. The van der Waals surface area contributed by atoms with Crippen LogP contribution in [0.25, 0.3) is 11.4 Å². The Morgan fingerprint density at radius 3 is 2.50 bits per heavy atom. The lowest BCUT2D eigenvalue weighted by molar-refractivity contribution is 0.580. The number of halogens is 1. The quantitative estimate of drug-likeness (QED) is 0.894. The Balaban J connectivity index is 2.63. The summed E-state index contributed by atoms with van der Waals surface area (Å²) in [5.41, 5.74) is 1.60. The van der Waals surface area contributed by atoms with E-state index in [1.54, 1.807) is 12.1 Å². The first-order valence-electron chi connectivity index (χ1n) is 4.99. The number of benzene rings is 1. The van der Waals surface area contributed by atoms with Crippen molar-refractivity contribution in [3.63, 3.8) is 0 Å². The van der Waals surface area contributed by atoms with Crippen LogP contribution in [0.15, 0.2) is 23.4 Å². The molecule has 0 radical (unpaired) electrons. The van der Waals surface area contributed by atoms with Gasteiger partial charge in [-0.05, 0) is 24.6 Å². The average Bonchev–Trinajstić information content (AvgIpc) is 2.60. The van der Waals surface area contributed by atoms with E-state index in [-0.39, 0.29) is 5.16 Å². The Kier molecular flexibility index (Phi) is 3.14. The smallest absolute Gasteiger partial charge is 0.273 e. The number of primary sulfonamides is 1. The number of hydrogen-bond acceptors (Lipinski definition) is 4. The monoisotopic (exact) mass is 286 g/mol. The predicted molar refractivity (Wildman–Crippen MR) is 67.6 cm³/mol. The molecule has 0 spiro atoms. The van der Waals surface area contributed by atoms with Crippen molar-refractivity contribution in [1.82, 2.24) is 14.8 Å². The standard InChI is InChI=1S/C10H11ClN4O2S/c1-6-3-4-7(8(11)5-6)9-13-14-10(15(9)2)18(12,16)17/h3-5H,1-2H3,(H2,12,16,17). The molecule has 0 bridgehead atoms. The van der Waals surface area contributed by atoms with Gasteiger partial charge in [0.15, 0.2) is 5.82 Å². The third-order valence-electron chi connectivity index (χ3n) is 2.45. The summed E-state index contributed by atoms with van der Waals surface area (Å²) in [6.45, 7) is 1.90. The van der Waals surface area contributed by atoms with Gasteiger partial charge in [-0.1, -0.05) is 17.7 Å². The van der Waals surface area contributed by atoms with Gasteiger partial charge in [0.1, 0.15) is 0 Å². The lowest BCUT2D eigenvalue weighted by Gasteiger charge is -2.05. The molecule has 1 heterocycles. The van der Waals surface area contributed by atoms with E-state index < -0.39 is 10.0 Å². The summed E-state index contributed by atoms with van der Waals surface area (Å²) in [6.07, 6.45) is 0. The SMILES string of the molecule is Cc1ccc(-c2nnc(S(N)(=O)=O)n2C)c(Cl)c1. The van der Waals surface area contributed by atoms with E-state index in [0.717, 1.165) is 5.56 Å². The summed E-state index contributed by atoms with van der Waals surface area (Å²) < 4.78 is 23.8. The predicted octanol–water partition coefficient (Wildman–Crippen LogP) is 1.09. The number of nitrogens with two attached hydrogens (primary N) is 1. The largest absolute Gasteiger partial charge is 0.300 e. The highest BCUT2D eigenvalue weighted by atomic mass is 35.5. The van der Waals surface area contributed by atoms with E-state index in [1.807, 2.05) is 13.0 Å². The summed E-state index contributed by atoms with van der Waals surface area (Å²) in [6, 6.07) is 5.38. The van der Waals surface area contributed by atoms with Crippen molar-refractivity contribution in [3.05, 3.63) is 28.8 Å². The molecule has 0 aliphatic rings. The summed E-state index contributed by atoms with van der Waals surface area (Å²) in [5, 5.41) is 12.6. The maximum absolute atomic E-state index is 11.3. The molecule has 0 aliphatic heterocycles. The van der Waals surface area contributed by atoms with Crippen LogP contribution in [-0.2, 0) is 17.1 Å². The van der Waals surface area contributed by atoms with Crippen LogP contribution in [0.5, 0.6) is 0 Å². The molecule has 0 unspecified atom stereocenters. The van der Waals surface area contributed by atoms with Crippen LogP contribution in [-0.4, -0.2) is 23.2 Å². The second-order valence-corrected chi connectivity index (χ2v) is 5.76. The molecule has 2 N–H and O–H groups in total. The maximum atomic E-state index is 11.3. The third-order valence-corrected chi connectivity index (χ3v) is 3.63. The molecule has 0 saturated heterocycles. The van der Waals surface area contributed by atoms with E-state index in [2.05, 4.69) is 10.2 Å². The van der Waals surface area contributed by atoms with Crippen LogP contribution in [0.4, 0.5) is 0 Å². The summed E-state index contributed by atoms with van der Waals surface area (Å²) in [5.74, 6) is 0.351. The molecule has 0 fully saturated rings.